The summed E-state index contributed by atoms with van der Waals surface area (Å²) >= 11 is 0. The van der Waals surface area contributed by atoms with Crippen LogP contribution in [0.4, 0.5) is 10.1 Å². The number of ether oxygens (including phenoxy) is 1. The van der Waals surface area contributed by atoms with Gasteiger partial charge in [0, 0.05) is 5.69 Å². The first kappa shape index (κ1) is 17.0. The molecule has 0 saturated heterocycles. The Hall–Kier alpha value is -2.41. The molecule has 0 bridgehead atoms. The largest absolute Gasteiger partial charge is 0.462 e. The quantitative estimate of drug-likeness (QED) is 0.822. The number of rotatable bonds is 6. The minimum Gasteiger partial charge on any atom is -0.462 e. The van der Waals surface area contributed by atoms with Gasteiger partial charge >= 0.3 is 5.97 Å². The summed E-state index contributed by atoms with van der Waals surface area (Å²) in [7, 11) is -3.81. The van der Waals surface area contributed by atoms with Crippen molar-refractivity contribution in [3.05, 3.63) is 59.9 Å². The molecule has 0 heterocycles. The number of anilines is 1. The van der Waals surface area contributed by atoms with Crippen LogP contribution < -0.4 is 4.72 Å². The van der Waals surface area contributed by atoms with E-state index < -0.39 is 21.8 Å². The number of nitrogens with one attached hydrogen (secondary N) is 1. The van der Waals surface area contributed by atoms with Gasteiger partial charge in [-0.2, -0.15) is 0 Å². The Morgan fingerprint density at radius 2 is 1.70 bits per heavy atom. The SMILES string of the molecule is CCCOC(=O)c1ccc(NS(=O)(=O)c2ccc(F)cc2)cc1. The molecular formula is C16H16FNO4S. The zero-order valence-corrected chi connectivity index (χ0v) is 13.3. The third-order valence-electron chi connectivity index (χ3n) is 2.93. The molecule has 2 rings (SSSR count). The number of sulfonamides is 1. The van der Waals surface area contributed by atoms with Gasteiger partial charge in [0.1, 0.15) is 5.82 Å². The Bertz CT molecular complexity index is 771. The number of halogens is 1. The second kappa shape index (κ2) is 7.23. The van der Waals surface area contributed by atoms with Crippen LogP contribution in [0.1, 0.15) is 23.7 Å². The monoisotopic (exact) mass is 337 g/mol. The van der Waals surface area contributed by atoms with Crippen LogP contribution in [0.15, 0.2) is 53.4 Å². The molecule has 122 valence electrons. The summed E-state index contributed by atoms with van der Waals surface area (Å²) in [5, 5.41) is 0. The van der Waals surface area contributed by atoms with E-state index in [0.717, 1.165) is 18.6 Å². The Balaban J connectivity index is 2.11. The number of hydrogen-bond acceptors (Lipinski definition) is 4. The number of carbonyl (C=O) groups excluding carboxylic acids is 1. The van der Waals surface area contributed by atoms with E-state index in [1.165, 1.54) is 36.4 Å². The van der Waals surface area contributed by atoms with E-state index in [1.807, 2.05) is 6.92 Å². The van der Waals surface area contributed by atoms with Crippen LogP contribution in [-0.4, -0.2) is 21.0 Å². The van der Waals surface area contributed by atoms with Gasteiger partial charge in [0.2, 0.25) is 0 Å². The van der Waals surface area contributed by atoms with Gasteiger partial charge in [-0.1, -0.05) is 6.92 Å². The molecule has 7 heteroatoms. The van der Waals surface area contributed by atoms with Crippen LogP contribution in [0.2, 0.25) is 0 Å². The summed E-state index contributed by atoms with van der Waals surface area (Å²) in [5.74, 6) is -0.973. The highest BCUT2D eigenvalue weighted by molar-refractivity contribution is 7.92. The predicted molar refractivity (Wildman–Crippen MR) is 84.2 cm³/mol. The molecule has 0 atom stereocenters. The minimum atomic E-state index is -3.81. The average Bonchev–Trinajstić information content (AvgIpc) is 2.53. The third-order valence-corrected chi connectivity index (χ3v) is 4.33. The fourth-order valence-corrected chi connectivity index (χ4v) is 2.84. The van der Waals surface area contributed by atoms with Crippen molar-refractivity contribution in [2.75, 3.05) is 11.3 Å². The fraction of sp³-hybridized carbons (Fsp3) is 0.188. The summed E-state index contributed by atoms with van der Waals surface area (Å²) in [4.78, 5) is 11.6. The molecule has 2 aromatic carbocycles. The molecule has 23 heavy (non-hydrogen) atoms. The Kier molecular flexibility index (Phi) is 5.33. The maximum Gasteiger partial charge on any atom is 0.338 e. The highest BCUT2D eigenvalue weighted by Gasteiger charge is 2.14. The second-order valence-corrected chi connectivity index (χ2v) is 6.46. The lowest BCUT2D eigenvalue weighted by Gasteiger charge is -2.09. The molecule has 0 unspecified atom stereocenters. The molecule has 0 aromatic heterocycles. The van der Waals surface area contributed by atoms with Gasteiger partial charge in [-0.15, -0.1) is 0 Å². The van der Waals surface area contributed by atoms with E-state index in [4.69, 9.17) is 4.74 Å². The fourth-order valence-electron chi connectivity index (χ4n) is 1.78. The Morgan fingerprint density at radius 1 is 1.09 bits per heavy atom. The topological polar surface area (TPSA) is 72.5 Å². The molecule has 0 aliphatic rings. The van der Waals surface area contributed by atoms with Gasteiger partial charge < -0.3 is 4.74 Å². The maximum absolute atomic E-state index is 12.9. The number of carbonyl (C=O) groups is 1. The van der Waals surface area contributed by atoms with Crippen molar-refractivity contribution >= 4 is 21.7 Å². The molecule has 5 nitrogen and oxygen atoms in total. The molecule has 2 aromatic rings. The van der Waals surface area contributed by atoms with Crippen molar-refractivity contribution in [3.63, 3.8) is 0 Å². The summed E-state index contributed by atoms with van der Waals surface area (Å²) < 4.78 is 44.5. The van der Waals surface area contributed by atoms with Crippen molar-refractivity contribution in [2.45, 2.75) is 18.2 Å². The van der Waals surface area contributed by atoms with Crippen molar-refractivity contribution in [2.24, 2.45) is 0 Å². The van der Waals surface area contributed by atoms with E-state index in [2.05, 4.69) is 4.72 Å². The molecule has 0 fully saturated rings. The predicted octanol–water partition coefficient (Wildman–Crippen LogP) is 3.19. The summed E-state index contributed by atoms with van der Waals surface area (Å²) in [6.45, 7) is 2.22. The standard InChI is InChI=1S/C16H16FNO4S/c1-2-11-22-16(19)12-3-7-14(8-4-12)18-23(20,21)15-9-5-13(17)6-10-15/h3-10,18H,2,11H2,1H3. The highest BCUT2D eigenvalue weighted by atomic mass is 32.2. The normalized spacial score (nSPS) is 11.0. The summed E-state index contributed by atoms with van der Waals surface area (Å²) in [6.07, 6.45) is 0.724. The molecular weight excluding hydrogens is 321 g/mol. The van der Waals surface area contributed by atoms with Gasteiger partial charge in [0.15, 0.2) is 0 Å². The Morgan fingerprint density at radius 3 is 2.26 bits per heavy atom. The van der Waals surface area contributed by atoms with E-state index in [0.29, 0.717) is 17.9 Å². The lowest BCUT2D eigenvalue weighted by molar-refractivity contribution is 0.0505. The maximum atomic E-state index is 12.9. The highest BCUT2D eigenvalue weighted by Crippen LogP contribution is 2.17. The van der Waals surface area contributed by atoms with Gasteiger partial charge in [0.25, 0.3) is 10.0 Å². The van der Waals surface area contributed by atoms with Gasteiger partial charge in [-0.3, -0.25) is 4.72 Å². The molecule has 0 radical (unpaired) electrons. The van der Waals surface area contributed by atoms with Crippen molar-refractivity contribution in [1.29, 1.82) is 0 Å². The molecule has 0 amide bonds. The van der Waals surface area contributed by atoms with Crippen LogP contribution in [0.25, 0.3) is 0 Å². The Labute approximate surface area is 134 Å². The van der Waals surface area contributed by atoms with Crippen LogP contribution in [0.3, 0.4) is 0 Å². The molecule has 0 aliphatic heterocycles. The average molecular weight is 337 g/mol. The van der Waals surface area contributed by atoms with E-state index in [9.17, 15) is 17.6 Å². The summed E-state index contributed by atoms with van der Waals surface area (Å²) in [5.41, 5.74) is 0.629. The first-order chi connectivity index (χ1) is 10.9. The van der Waals surface area contributed by atoms with Crippen LogP contribution in [-0.2, 0) is 14.8 Å². The summed E-state index contributed by atoms with van der Waals surface area (Å²) in [6, 6.07) is 10.4. The zero-order valence-electron chi connectivity index (χ0n) is 12.5. The first-order valence-electron chi connectivity index (χ1n) is 6.98. The van der Waals surface area contributed by atoms with E-state index in [1.54, 1.807) is 0 Å². The lowest BCUT2D eigenvalue weighted by Crippen LogP contribution is -2.13. The smallest absolute Gasteiger partial charge is 0.338 e. The van der Waals surface area contributed by atoms with Crippen molar-refractivity contribution in [1.82, 2.24) is 0 Å². The second-order valence-electron chi connectivity index (χ2n) is 4.77. The first-order valence-corrected chi connectivity index (χ1v) is 8.46. The van der Waals surface area contributed by atoms with Crippen molar-refractivity contribution < 1.29 is 22.3 Å². The number of benzene rings is 2. The third kappa shape index (κ3) is 4.53. The molecule has 1 N–H and O–H groups in total. The lowest BCUT2D eigenvalue weighted by atomic mass is 10.2. The minimum absolute atomic E-state index is 0.0506. The number of esters is 1. The van der Waals surface area contributed by atoms with Gasteiger partial charge in [-0.25, -0.2) is 17.6 Å². The van der Waals surface area contributed by atoms with Gasteiger partial charge in [0.05, 0.1) is 17.1 Å². The molecule has 0 aliphatic carbocycles. The zero-order chi connectivity index (χ0) is 16.9. The molecule has 0 saturated carbocycles. The van der Waals surface area contributed by atoms with Gasteiger partial charge in [-0.05, 0) is 55.0 Å². The van der Waals surface area contributed by atoms with Crippen LogP contribution in [0, 0.1) is 5.82 Å². The van der Waals surface area contributed by atoms with E-state index >= 15 is 0 Å². The van der Waals surface area contributed by atoms with Crippen molar-refractivity contribution in [3.8, 4) is 0 Å². The van der Waals surface area contributed by atoms with Crippen LogP contribution in [0.5, 0.6) is 0 Å². The van der Waals surface area contributed by atoms with Crippen LogP contribution >= 0.6 is 0 Å². The number of hydrogen-bond donors (Lipinski definition) is 1. The molecule has 0 spiro atoms. The van der Waals surface area contributed by atoms with E-state index in [-0.39, 0.29) is 4.90 Å².